The molecule has 4 bridgehead atoms. The molecule has 0 aromatic carbocycles. The van der Waals surface area contributed by atoms with E-state index in [-0.39, 0.29) is 5.79 Å². The van der Waals surface area contributed by atoms with Gasteiger partial charge in [0.05, 0.1) is 0 Å². The molecule has 0 aromatic heterocycles. The fourth-order valence-electron chi connectivity index (χ4n) is 6.32. The zero-order chi connectivity index (χ0) is 14.1. The number of rotatable bonds is 1. The average Bonchev–Trinajstić information content (AvgIpc) is 2.86. The van der Waals surface area contributed by atoms with Gasteiger partial charge in [-0.1, -0.05) is 13.3 Å². The molecule has 0 amide bonds. The third-order valence-electron chi connectivity index (χ3n) is 7.39. The van der Waals surface area contributed by atoms with Crippen LogP contribution in [0.5, 0.6) is 0 Å². The Kier molecular flexibility index (Phi) is 2.83. The molecule has 2 spiro atoms. The van der Waals surface area contributed by atoms with Crippen molar-refractivity contribution >= 4 is 0 Å². The van der Waals surface area contributed by atoms with Crippen LogP contribution in [0, 0.1) is 29.6 Å². The molecular weight excluding hydrogens is 264 g/mol. The first-order valence-corrected chi connectivity index (χ1v) is 9.28. The van der Waals surface area contributed by atoms with Crippen molar-refractivity contribution in [1.29, 1.82) is 0 Å². The van der Waals surface area contributed by atoms with Gasteiger partial charge in [-0.15, -0.1) is 0 Å². The third-order valence-corrected chi connectivity index (χ3v) is 7.39. The van der Waals surface area contributed by atoms with Crippen molar-refractivity contribution in [3.8, 4) is 0 Å². The highest BCUT2D eigenvalue weighted by molar-refractivity contribution is 5.05. The van der Waals surface area contributed by atoms with Gasteiger partial charge in [-0.25, -0.2) is 0 Å². The molecule has 0 unspecified atom stereocenters. The standard InChI is InChI=1S/C18H28O3/c1-2-12-3-5-17(6-4-12)19-18(21-20-17)15-8-13-7-14(10-15)11-16(18)9-13/h12-16H,2-11H2,1H3. The molecule has 5 aliphatic carbocycles. The second kappa shape index (κ2) is 4.46. The molecule has 3 nitrogen and oxygen atoms in total. The Hall–Kier alpha value is -0.120. The van der Waals surface area contributed by atoms with Crippen LogP contribution in [-0.2, 0) is 14.5 Å². The van der Waals surface area contributed by atoms with Gasteiger partial charge < -0.3 is 4.74 Å². The van der Waals surface area contributed by atoms with Crippen LogP contribution in [0.4, 0.5) is 0 Å². The van der Waals surface area contributed by atoms with E-state index >= 15 is 0 Å². The van der Waals surface area contributed by atoms with Gasteiger partial charge in [-0.2, -0.15) is 9.78 Å². The van der Waals surface area contributed by atoms with Gasteiger partial charge in [0.25, 0.3) is 0 Å². The Balaban J connectivity index is 1.38. The first kappa shape index (κ1) is 13.3. The van der Waals surface area contributed by atoms with Crippen LogP contribution >= 0.6 is 0 Å². The summed E-state index contributed by atoms with van der Waals surface area (Å²) in [7, 11) is 0. The van der Waals surface area contributed by atoms with Crippen LogP contribution < -0.4 is 0 Å². The van der Waals surface area contributed by atoms with E-state index in [1.165, 1.54) is 51.4 Å². The second-order valence-electron chi connectivity index (χ2n) is 8.56. The SMILES string of the molecule is CCC1CCC2(CC1)OOC1(O2)C2CC3CC(C2)CC1C3. The molecule has 1 heterocycles. The second-order valence-corrected chi connectivity index (χ2v) is 8.56. The smallest absolute Gasteiger partial charge is 0.210 e. The van der Waals surface area contributed by atoms with Gasteiger partial charge in [0.2, 0.25) is 11.6 Å². The lowest BCUT2D eigenvalue weighted by molar-refractivity contribution is -0.390. The molecule has 1 saturated heterocycles. The van der Waals surface area contributed by atoms with Crippen LogP contribution in [0.2, 0.25) is 0 Å². The molecule has 6 aliphatic rings. The fourth-order valence-corrected chi connectivity index (χ4v) is 6.32. The van der Waals surface area contributed by atoms with Gasteiger partial charge in [0.1, 0.15) is 0 Å². The predicted molar refractivity (Wildman–Crippen MR) is 78.0 cm³/mol. The summed E-state index contributed by atoms with van der Waals surface area (Å²) in [5.41, 5.74) is 0. The van der Waals surface area contributed by atoms with E-state index in [1.54, 1.807) is 0 Å². The van der Waals surface area contributed by atoms with E-state index in [0.717, 1.165) is 30.6 Å². The van der Waals surface area contributed by atoms with Crippen molar-refractivity contribution < 1.29 is 14.5 Å². The number of hydrogen-bond donors (Lipinski definition) is 0. The van der Waals surface area contributed by atoms with E-state index in [0.29, 0.717) is 11.8 Å². The van der Waals surface area contributed by atoms with E-state index in [2.05, 4.69) is 6.92 Å². The predicted octanol–water partition coefficient (Wildman–Crippen LogP) is 4.41. The first-order chi connectivity index (χ1) is 10.2. The summed E-state index contributed by atoms with van der Waals surface area (Å²) >= 11 is 0. The summed E-state index contributed by atoms with van der Waals surface area (Å²) in [5, 5.41) is 0. The lowest BCUT2D eigenvalue weighted by Gasteiger charge is -2.57. The Morgan fingerprint density at radius 1 is 0.857 bits per heavy atom. The summed E-state index contributed by atoms with van der Waals surface area (Å²) in [6, 6.07) is 0. The number of ether oxygens (including phenoxy) is 1. The lowest BCUT2D eigenvalue weighted by atomic mass is 9.53. The van der Waals surface area contributed by atoms with Crippen molar-refractivity contribution in [2.75, 3.05) is 0 Å². The summed E-state index contributed by atoms with van der Waals surface area (Å²) < 4.78 is 6.70. The molecule has 118 valence electrons. The molecule has 3 heteroatoms. The van der Waals surface area contributed by atoms with Crippen LogP contribution in [0.3, 0.4) is 0 Å². The third kappa shape index (κ3) is 1.83. The van der Waals surface area contributed by atoms with E-state index in [9.17, 15) is 0 Å². The molecule has 6 fully saturated rings. The normalized spacial score (nSPS) is 58.4. The van der Waals surface area contributed by atoms with Crippen LogP contribution in [0.1, 0.15) is 71.1 Å². The summed E-state index contributed by atoms with van der Waals surface area (Å²) in [6.45, 7) is 2.30. The van der Waals surface area contributed by atoms with Crippen molar-refractivity contribution in [3.05, 3.63) is 0 Å². The Bertz CT molecular complexity index is 396. The molecule has 21 heavy (non-hydrogen) atoms. The maximum absolute atomic E-state index is 6.70. The minimum absolute atomic E-state index is 0.369. The Morgan fingerprint density at radius 3 is 2.05 bits per heavy atom. The van der Waals surface area contributed by atoms with Crippen LogP contribution in [0.15, 0.2) is 0 Å². The summed E-state index contributed by atoms with van der Waals surface area (Å²) in [5.74, 6) is 3.16. The topological polar surface area (TPSA) is 27.7 Å². The highest BCUT2D eigenvalue weighted by Gasteiger charge is 2.66. The van der Waals surface area contributed by atoms with Crippen LogP contribution in [-0.4, -0.2) is 11.6 Å². The molecule has 0 atom stereocenters. The Labute approximate surface area is 127 Å². The molecule has 1 aliphatic heterocycles. The summed E-state index contributed by atoms with van der Waals surface area (Å²) in [4.78, 5) is 12.0. The quantitative estimate of drug-likeness (QED) is 0.670. The molecule has 5 saturated carbocycles. The highest BCUT2D eigenvalue weighted by Crippen LogP contribution is 2.63. The van der Waals surface area contributed by atoms with E-state index in [4.69, 9.17) is 14.5 Å². The van der Waals surface area contributed by atoms with Crippen molar-refractivity contribution in [1.82, 2.24) is 0 Å². The van der Waals surface area contributed by atoms with Crippen molar-refractivity contribution in [2.45, 2.75) is 82.7 Å². The molecular formula is C18H28O3. The minimum Gasteiger partial charge on any atom is -0.312 e. The Morgan fingerprint density at radius 2 is 1.48 bits per heavy atom. The van der Waals surface area contributed by atoms with Gasteiger partial charge in [-0.3, -0.25) is 0 Å². The van der Waals surface area contributed by atoms with Gasteiger partial charge >= 0.3 is 0 Å². The van der Waals surface area contributed by atoms with Crippen molar-refractivity contribution in [3.63, 3.8) is 0 Å². The average molecular weight is 292 g/mol. The number of hydrogen-bond acceptors (Lipinski definition) is 3. The van der Waals surface area contributed by atoms with Crippen LogP contribution in [0.25, 0.3) is 0 Å². The van der Waals surface area contributed by atoms with E-state index < -0.39 is 5.79 Å². The monoisotopic (exact) mass is 292 g/mol. The highest BCUT2D eigenvalue weighted by atomic mass is 17.3. The van der Waals surface area contributed by atoms with Gasteiger partial charge in [0, 0.05) is 24.7 Å². The molecule has 6 rings (SSSR count). The largest absolute Gasteiger partial charge is 0.312 e. The zero-order valence-corrected chi connectivity index (χ0v) is 13.2. The summed E-state index contributed by atoms with van der Waals surface area (Å²) in [6.07, 6.45) is 12.5. The van der Waals surface area contributed by atoms with Crippen molar-refractivity contribution in [2.24, 2.45) is 29.6 Å². The maximum atomic E-state index is 6.70. The molecule has 0 N–H and O–H groups in total. The minimum atomic E-state index is -0.402. The molecule has 0 aromatic rings. The fraction of sp³-hybridized carbons (Fsp3) is 1.00. The first-order valence-electron chi connectivity index (χ1n) is 9.28. The zero-order valence-electron chi connectivity index (χ0n) is 13.2. The molecule has 0 radical (unpaired) electrons. The van der Waals surface area contributed by atoms with Gasteiger partial charge in [-0.05, 0) is 62.7 Å². The van der Waals surface area contributed by atoms with Gasteiger partial charge in [0.15, 0.2) is 0 Å². The van der Waals surface area contributed by atoms with E-state index in [1.807, 2.05) is 0 Å². The lowest BCUT2D eigenvalue weighted by Crippen LogP contribution is -2.59. The maximum Gasteiger partial charge on any atom is 0.210 e.